The van der Waals surface area contributed by atoms with Crippen molar-refractivity contribution in [2.75, 3.05) is 0 Å². The second-order valence-corrected chi connectivity index (χ2v) is 8.29. The zero-order valence-corrected chi connectivity index (χ0v) is 18.9. The summed E-state index contributed by atoms with van der Waals surface area (Å²) in [5.41, 5.74) is 1.27. The molecule has 0 aliphatic rings. The molecule has 0 bridgehead atoms. The van der Waals surface area contributed by atoms with Crippen LogP contribution in [-0.2, 0) is 6.54 Å². The lowest BCUT2D eigenvalue weighted by Gasteiger charge is -2.20. The zero-order valence-electron chi connectivity index (χ0n) is 17.3. The molecular formula is C24H21BrN4O3. The maximum absolute atomic E-state index is 13.2. The van der Waals surface area contributed by atoms with Crippen LogP contribution in [0.5, 0.6) is 0 Å². The number of fused-ring (bicyclic) bond motifs is 1. The van der Waals surface area contributed by atoms with E-state index in [4.69, 9.17) is 0 Å². The van der Waals surface area contributed by atoms with Gasteiger partial charge in [0.05, 0.1) is 17.0 Å². The molecule has 0 saturated carbocycles. The minimum atomic E-state index is -0.563. The Balaban J connectivity index is 1.73. The third-order valence-electron chi connectivity index (χ3n) is 5.15. The van der Waals surface area contributed by atoms with E-state index in [1.165, 1.54) is 16.8 Å². The van der Waals surface area contributed by atoms with E-state index in [0.717, 1.165) is 15.6 Å². The fourth-order valence-electron chi connectivity index (χ4n) is 3.60. The first-order valence-electron chi connectivity index (χ1n) is 10.2. The summed E-state index contributed by atoms with van der Waals surface area (Å²) >= 11 is 3.44. The van der Waals surface area contributed by atoms with Crippen molar-refractivity contribution in [1.82, 2.24) is 19.9 Å². The van der Waals surface area contributed by atoms with E-state index in [9.17, 15) is 14.4 Å². The van der Waals surface area contributed by atoms with Crippen LogP contribution in [0.2, 0.25) is 0 Å². The van der Waals surface area contributed by atoms with E-state index < -0.39 is 11.2 Å². The highest BCUT2D eigenvalue weighted by Gasteiger charge is 2.19. The summed E-state index contributed by atoms with van der Waals surface area (Å²) in [5, 5.41) is 3.25. The van der Waals surface area contributed by atoms with Crippen molar-refractivity contribution in [3.05, 3.63) is 109 Å². The van der Waals surface area contributed by atoms with Gasteiger partial charge in [-0.2, -0.15) is 0 Å². The Kier molecular flexibility index (Phi) is 6.32. The number of halogens is 1. The molecule has 4 rings (SSSR count). The van der Waals surface area contributed by atoms with E-state index >= 15 is 0 Å². The Morgan fingerprint density at radius 3 is 2.47 bits per heavy atom. The van der Waals surface area contributed by atoms with E-state index in [1.807, 2.05) is 61.5 Å². The second kappa shape index (κ2) is 9.32. The van der Waals surface area contributed by atoms with Gasteiger partial charge in [-0.15, -0.1) is 0 Å². The molecule has 0 aliphatic carbocycles. The minimum absolute atomic E-state index is 0.200. The smallest absolute Gasteiger partial charge is 0.329 e. The lowest BCUT2D eigenvalue weighted by Crippen LogP contribution is -2.32. The topological polar surface area (TPSA) is 96.9 Å². The normalized spacial score (nSPS) is 11.9. The van der Waals surface area contributed by atoms with Crippen LogP contribution in [0.15, 0.2) is 80.9 Å². The van der Waals surface area contributed by atoms with Crippen LogP contribution in [0.1, 0.15) is 40.9 Å². The predicted octanol–water partition coefficient (Wildman–Crippen LogP) is 3.78. The second-order valence-electron chi connectivity index (χ2n) is 7.37. The molecule has 1 atom stereocenters. The number of rotatable bonds is 6. The molecule has 1 unspecified atom stereocenters. The van der Waals surface area contributed by atoms with Crippen molar-refractivity contribution in [3.8, 4) is 0 Å². The first kappa shape index (κ1) is 21.7. The zero-order chi connectivity index (χ0) is 22.7. The standard InChI is InChI=1S/C24H21BrN4O3/c1-2-12-29-21-19(23(31)28-24(29)32)13-17(14-26-21)22(30)27-20(15-6-4-3-5-7-15)16-8-10-18(25)11-9-16/h3-11,13-14,20H,2,12H2,1H3,(H,27,30)(H,28,31,32). The number of hydrogen-bond donors (Lipinski definition) is 2. The number of nitrogens with zero attached hydrogens (tertiary/aromatic N) is 2. The monoisotopic (exact) mass is 492 g/mol. The molecule has 0 aliphatic heterocycles. The lowest BCUT2D eigenvalue weighted by molar-refractivity contribution is 0.0942. The number of carbonyl (C=O) groups excluding carboxylic acids is 1. The van der Waals surface area contributed by atoms with Crippen molar-refractivity contribution >= 4 is 32.9 Å². The van der Waals surface area contributed by atoms with Crippen LogP contribution in [0.3, 0.4) is 0 Å². The van der Waals surface area contributed by atoms with Gasteiger partial charge >= 0.3 is 5.69 Å². The maximum atomic E-state index is 13.2. The molecule has 0 fully saturated rings. The summed E-state index contributed by atoms with van der Waals surface area (Å²) in [5.74, 6) is -0.371. The summed E-state index contributed by atoms with van der Waals surface area (Å²) < 4.78 is 2.35. The van der Waals surface area contributed by atoms with Crippen LogP contribution in [0.4, 0.5) is 0 Å². The quantitative estimate of drug-likeness (QED) is 0.428. The van der Waals surface area contributed by atoms with E-state index in [0.29, 0.717) is 13.0 Å². The minimum Gasteiger partial charge on any atom is -0.341 e. The van der Waals surface area contributed by atoms with Gasteiger partial charge < -0.3 is 5.32 Å². The molecule has 1 amide bonds. The summed E-state index contributed by atoms with van der Waals surface area (Å²) in [6.45, 7) is 2.35. The molecule has 2 aromatic heterocycles. The fraction of sp³-hybridized carbons (Fsp3) is 0.167. The number of pyridine rings is 1. The average Bonchev–Trinajstić information content (AvgIpc) is 2.81. The highest BCUT2D eigenvalue weighted by molar-refractivity contribution is 9.10. The molecule has 7 nitrogen and oxygen atoms in total. The summed E-state index contributed by atoms with van der Waals surface area (Å²) in [6.07, 6.45) is 2.10. The van der Waals surface area contributed by atoms with Crippen molar-refractivity contribution in [3.63, 3.8) is 0 Å². The number of hydrogen-bond acceptors (Lipinski definition) is 4. The molecule has 162 valence electrons. The van der Waals surface area contributed by atoms with Gasteiger partial charge in [0.1, 0.15) is 5.65 Å². The molecule has 8 heteroatoms. The Bertz CT molecular complexity index is 1380. The molecule has 0 saturated heterocycles. The SMILES string of the molecule is CCCn1c(=O)[nH]c(=O)c2cc(C(=O)NC(c3ccccc3)c3ccc(Br)cc3)cnc21. The largest absolute Gasteiger partial charge is 0.341 e. The highest BCUT2D eigenvalue weighted by Crippen LogP contribution is 2.24. The lowest BCUT2D eigenvalue weighted by atomic mass is 9.98. The van der Waals surface area contributed by atoms with Crippen LogP contribution < -0.4 is 16.6 Å². The van der Waals surface area contributed by atoms with Crippen LogP contribution in [0, 0.1) is 0 Å². The fourth-order valence-corrected chi connectivity index (χ4v) is 3.86. The Labute approximate surface area is 192 Å². The Morgan fingerprint density at radius 2 is 1.78 bits per heavy atom. The van der Waals surface area contributed by atoms with Crippen molar-refractivity contribution in [2.45, 2.75) is 25.9 Å². The van der Waals surface area contributed by atoms with Crippen LogP contribution in [0.25, 0.3) is 11.0 Å². The van der Waals surface area contributed by atoms with E-state index in [1.54, 1.807) is 0 Å². The number of amides is 1. The molecular weight excluding hydrogens is 472 g/mol. The van der Waals surface area contributed by atoms with Gasteiger partial charge in [-0.25, -0.2) is 9.78 Å². The Hall–Kier alpha value is -3.52. The van der Waals surface area contributed by atoms with Gasteiger partial charge in [-0.05, 0) is 35.7 Å². The number of benzene rings is 2. The average molecular weight is 493 g/mol. The van der Waals surface area contributed by atoms with Crippen molar-refractivity contribution in [2.24, 2.45) is 0 Å². The van der Waals surface area contributed by atoms with Gasteiger partial charge in [0.2, 0.25) is 0 Å². The van der Waals surface area contributed by atoms with Gasteiger partial charge in [-0.1, -0.05) is 65.3 Å². The van der Waals surface area contributed by atoms with Crippen LogP contribution >= 0.6 is 15.9 Å². The van der Waals surface area contributed by atoms with Gasteiger partial charge in [0.15, 0.2) is 0 Å². The predicted molar refractivity (Wildman–Crippen MR) is 127 cm³/mol. The first-order chi connectivity index (χ1) is 15.5. The molecule has 0 spiro atoms. The maximum Gasteiger partial charge on any atom is 0.329 e. The molecule has 32 heavy (non-hydrogen) atoms. The van der Waals surface area contributed by atoms with Crippen LogP contribution in [-0.4, -0.2) is 20.4 Å². The van der Waals surface area contributed by atoms with E-state index in [-0.39, 0.29) is 28.5 Å². The van der Waals surface area contributed by atoms with Crippen molar-refractivity contribution < 1.29 is 4.79 Å². The molecule has 0 radical (unpaired) electrons. The number of aromatic amines is 1. The first-order valence-corrected chi connectivity index (χ1v) is 11.0. The molecule has 2 N–H and O–H groups in total. The Morgan fingerprint density at radius 1 is 1.09 bits per heavy atom. The third-order valence-corrected chi connectivity index (χ3v) is 5.68. The highest BCUT2D eigenvalue weighted by atomic mass is 79.9. The summed E-state index contributed by atoms with van der Waals surface area (Å²) in [4.78, 5) is 44.3. The number of nitrogens with one attached hydrogen (secondary N) is 2. The third kappa shape index (κ3) is 4.40. The number of aryl methyl sites for hydroxylation is 1. The number of carbonyl (C=O) groups is 1. The van der Waals surface area contributed by atoms with E-state index in [2.05, 4.69) is 31.2 Å². The summed E-state index contributed by atoms with van der Waals surface area (Å²) in [6, 6.07) is 18.4. The van der Waals surface area contributed by atoms with Crippen molar-refractivity contribution in [1.29, 1.82) is 0 Å². The molecule has 2 heterocycles. The number of aromatic nitrogens is 3. The van der Waals surface area contributed by atoms with Gasteiger partial charge in [0, 0.05) is 17.2 Å². The molecule has 2 aromatic carbocycles. The van der Waals surface area contributed by atoms with Gasteiger partial charge in [-0.3, -0.25) is 19.1 Å². The summed E-state index contributed by atoms with van der Waals surface area (Å²) in [7, 11) is 0. The van der Waals surface area contributed by atoms with Gasteiger partial charge in [0.25, 0.3) is 11.5 Å². The number of H-pyrrole nitrogens is 1. The molecule has 4 aromatic rings.